The van der Waals surface area contributed by atoms with Gasteiger partial charge < -0.3 is 9.84 Å². The first-order valence-electron chi connectivity index (χ1n) is 10.1. The number of esters is 1. The van der Waals surface area contributed by atoms with Gasteiger partial charge in [-0.05, 0) is 60.9 Å². The SMILES string of the molecule is CC1CC2(O)C(=O)OC(C)C2C(/C=C/c2ccc(-c3cccc(F)c3)cn2)C1C. The summed E-state index contributed by atoms with van der Waals surface area (Å²) in [6.07, 6.45) is 5.83. The molecule has 0 amide bonds. The van der Waals surface area contributed by atoms with Crippen LogP contribution in [0.15, 0.2) is 48.7 Å². The van der Waals surface area contributed by atoms with Crippen LogP contribution in [0.2, 0.25) is 0 Å². The molecular weight excluding hydrogens is 369 g/mol. The lowest BCUT2D eigenvalue weighted by Gasteiger charge is -2.44. The normalized spacial score (nSPS) is 34.2. The van der Waals surface area contributed by atoms with E-state index in [0.29, 0.717) is 12.3 Å². The zero-order chi connectivity index (χ0) is 20.8. The van der Waals surface area contributed by atoms with Crippen LogP contribution < -0.4 is 0 Å². The van der Waals surface area contributed by atoms with Crippen molar-refractivity contribution in [3.8, 4) is 11.1 Å². The molecule has 5 heteroatoms. The lowest BCUT2D eigenvalue weighted by molar-refractivity contribution is -0.160. The van der Waals surface area contributed by atoms with Crippen LogP contribution in [0.5, 0.6) is 0 Å². The number of nitrogens with zero attached hydrogens (tertiary/aromatic N) is 1. The molecule has 6 unspecified atom stereocenters. The number of fused-ring (bicyclic) bond motifs is 1. The fourth-order valence-corrected chi connectivity index (χ4v) is 4.95. The maximum atomic E-state index is 13.4. The Kier molecular flexibility index (Phi) is 5.03. The first-order chi connectivity index (χ1) is 13.8. The average molecular weight is 395 g/mol. The first-order valence-corrected chi connectivity index (χ1v) is 10.1. The summed E-state index contributed by atoms with van der Waals surface area (Å²) in [5.74, 6) is -0.516. The highest BCUT2D eigenvalue weighted by Crippen LogP contribution is 2.51. The van der Waals surface area contributed by atoms with E-state index in [2.05, 4.69) is 24.9 Å². The van der Waals surface area contributed by atoms with Crippen LogP contribution in [-0.4, -0.2) is 27.8 Å². The second kappa shape index (κ2) is 7.38. The fraction of sp³-hybridized carbons (Fsp3) is 0.417. The van der Waals surface area contributed by atoms with Gasteiger partial charge in [0.05, 0.1) is 5.69 Å². The number of carbonyl (C=O) groups excluding carboxylic acids is 1. The van der Waals surface area contributed by atoms with Crippen molar-refractivity contribution in [2.75, 3.05) is 0 Å². The van der Waals surface area contributed by atoms with Crippen molar-refractivity contribution in [1.29, 1.82) is 0 Å². The minimum Gasteiger partial charge on any atom is -0.460 e. The second-order valence-corrected chi connectivity index (χ2v) is 8.52. The molecular formula is C24H26FNO3. The number of hydrogen-bond acceptors (Lipinski definition) is 4. The maximum absolute atomic E-state index is 13.4. The van der Waals surface area contributed by atoms with Crippen LogP contribution in [0, 0.1) is 29.5 Å². The monoisotopic (exact) mass is 395 g/mol. The van der Waals surface area contributed by atoms with Gasteiger partial charge in [-0.2, -0.15) is 0 Å². The molecule has 4 rings (SSSR count). The molecule has 0 spiro atoms. The van der Waals surface area contributed by atoms with Gasteiger partial charge in [-0.1, -0.05) is 38.1 Å². The summed E-state index contributed by atoms with van der Waals surface area (Å²) < 4.78 is 18.8. The number of ether oxygens (including phenoxy) is 1. The zero-order valence-electron chi connectivity index (χ0n) is 16.9. The number of aliphatic hydroxyl groups is 1. The first kappa shape index (κ1) is 19.8. The van der Waals surface area contributed by atoms with Gasteiger partial charge in [-0.25, -0.2) is 9.18 Å². The van der Waals surface area contributed by atoms with Crippen molar-refractivity contribution in [2.45, 2.75) is 38.9 Å². The van der Waals surface area contributed by atoms with Crippen LogP contribution >= 0.6 is 0 Å². The van der Waals surface area contributed by atoms with Crippen molar-refractivity contribution < 1.29 is 19.0 Å². The summed E-state index contributed by atoms with van der Waals surface area (Å²) in [5, 5.41) is 11.0. The number of cyclic esters (lactones) is 1. The standard InChI is InChI=1S/C24H26FNO3/c1-14-12-24(28)22(16(3)29-23(24)27)21(15(14)2)10-9-20-8-7-18(13-26-20)17-5-4-6-19(25)11-17/h4-11,13-16,21-22,28H,12H2,1-3H3/b10-9+. The molecule has 29 heavy (non-hydrogen) atoms. The van der Waals surface area contributed by atoms with Gasteiger partial charge in [-0.3, -0.25) is 4.98 Å². The molecule has 1 saturated heterocycles. The van der Waals surface area contributed by atoms with Crippen molar-refractivity contribution in [2.24, 2.45) is 23.7 Å². The molecule has 1 aliphatic heterocycles. The van der Waals surface area contributed by atoms with Gasteiger partial charge in [-0.15, -0.1) is 0 Å². The Hall–Kier alpha value is -2.53. The third kappa shape index (κ3) is 3.48. The highest BCUT2D eigenvalue weighted by molar-refractivity contribution is 5.82. The second-order valence-electron chi connectivity index (χ2n) is 8.52. The van der Waals surface area contributed by atoms with E-state index in [-0.39, 0.29) is 29.7 Å². The summed E-state index contributed by atoms with van der Waals surface area (Å²) in [7, 11) is 0. The predicted octanol–water partition coefficient (Wildman–Crippen LogP) is 4.49. The quantitative estimate of drug-likeness (QED) is 0.778. The van der Waals surface area contributed by atoms with E-state index in [1.165, 1.54) is 12.1 Å². The Bertz CT molecular complexity index is 941. The Morgan fingerprint density at radius 3 is 2.69 bits per heavy atom. The molecule has 152 valence electrons. The summed E-state index contributed by atoms with van der Waals surface area (Å²) in [5.41, 5.74) is 0.994. The smallest absolute Gasteiger partial charge is 0.338 e. The number of carbonyl (C=O) groups is 1. The summed E-state index contributed by atoms with van der Waals surface area (Å²) in [6, 6.07) is 10.2. The molecule has 1 aromatic carbocycles. The minimum absolute atomic E-state index is 0.00916. The summed E-state index contributed by atoms with van der Waals surface area (Å²) in [4.78, 5) is 16.8. The van der Waals surface area contributed by atoms with Gasteiger partial charge in [0, 0.05) is 17.7 Å². The maximum Gasteiger partial charge on any atom is 0.338 e. The zero-order valence-corrected chi connectivity index (χ0v) is 16.9. The van der Waals surface area contributed by atoms with E-state index in [9.17, 15) is 14.3 Å². The van der Waals surface area contributed by atoms with E-state index in [4.69, 9.17) is 4.74 Å². The molecule has 1 aromatic heterocycles. The van der Waals surface area contributed by atoms with Crippen LogP contribution in [-0.2, 0) is 9.53 Å². The number of pyridine rings is 1. The number of hydrogen-bond donors (Lipinski definition) is 1. The highest BCUT2D eigenvalue weighted by atomic mass is 19.1. The molecule has 2 aliphatic rings. The van der Waals surface area contributed by atoms with E-state index in [1.54, 1.807) is 12.3 Å². The van der Waals surface area contributed by atoms with Gasteiger partial charge in [0.15, 0.2) is 5.60 Å². The van der Waals surface area contributed by atoms with Crippen LogP contribution in [0.3, 0.4) is 0 Å². The third-order valence-electron chi connectivity index (χ3n) is 6.69. The van der Waals surface area contributed by atoms with Gasteiger partial charge in [0.25, 0.3) is 0 Å². The summed E-state index contributed by atoms with van der Waals surface area (Å²) in [6.45, 7) is 6.09. The Morgan fingerprint density at radius 2 is 2.00 bits per heavy atom. The molecule has 6 atom stereocenters. The van der Waals surface area contributed by atoms with Crippen LogP contribution in [0.25, 0.3) is 17.2 Å². The third-order valence-corrected chi connectivity index (χ3v) is 6.69. The molecule has 1 saturated carbocycles. The number of halogens is 1. The molecule has 1 N–H and O–H groups in total. The highest BCUT2D eigenvalue weighted by Gasteiger charge is 2.61. The molecule has 2 heterocycles. The van der Waals surface area contributed by atoms with E-state index in [1.807, 2.05) is 31.2 Å². The van der Waals surface area contributed by atoms with Crippen molar-refractivity contribution in [3.05, 3.63) is 60.2 Å². The van der Waals surface area contributed by atoms with Crippen molar-refractivity contribution in [1.82, 2.24) is 4.98 Å². The Balaban J connectivity index is 1.58. The predicted molar refractivity (Wildman–Crippen MR) is 109 cm³/mol. The lowest BCUT2D eigenvalue weighted by Crippen LogP contribution is -2.52. The fourth-order valence-electron chi connectivity index (χ4n) is 4.95. The van der Waals surface area contributed by atoms with Crippen LogP contribution in [0.4, 0.5) is 4.39 Å². The largest absolute Gasteiger partial charge is 0.460 e. The molecule has 4 nitrogen and oxygen atoms in total. The van der Waals surface area contributed by atoms with Gasteiger partial charge in [0.2, 0.25) is 0 Å². The summed E-state index contributed by atoms with van der Waals surface area (Å²) >= 11 is 0. The number of benzene rings is 1. The molecule has 0 bridgehead atoms. The van der Waals surface area contributed by atoms with Crippen LogP contribution in [0.1, 0.15) is 32.9 Å². The van der Waals surface area contributed by atoms with E-state index >= 15 is 0 Å². The molecule has 2 fully saturated rings. The number of rotatable bonds is 3. The minimum atomic E-state index is -1.41. The molecule has 2 aromatic rings. The lowest BCUT2D eigenvalue weighted by atomic mass is 9.60. The molecule has 0 radical (unpaired) electrons. The average Bonchev–Trinajstić information content (AvgIpc) is 2.91. The topological polar surface area (TPSA) is 59.4 Å². The molecule has 1 aliphatic carbocycles. The van der Waals surface area contributed by atoms with Gasteiger partial charge in [0.1, 0.15) is 11.9 Å². The van der Waals surface area contributed by atoms with E-state index < -0.39 is 11.6 Å². The van der Waals surface area contributed by atoms with Crippen molar-refractivity contribution in [3.63, 3.8) is 0 Å². The number of allylic oxidation sites excluding steroid dienone is 1. The Morgan fingerprint density at radius 1 is 1.21 bits per heavy atom. The Labute approximate surface area is 170 Å². The van der Waals surface area contributed by atoms with Crippen molar-refractivity contribution >= 4 is 12.0 Å². The van der Waals surface area contributed by atoms with E-state index in [0.717, 1.165) is 16.8 Å². The number of aromatic nitrogens is 1. The van der Waals surface area contributed by atoms with Gasteiger partial charge >= 0.3 is 5.97 Å².